The predicted molar refractivity (Wildman–Crippen MR) is 59.2 cm³/mol. The highest BCUT2D eigenvalue weighted by Crippen LogP contribution is 2.23. The Morgan fingerprint density at radius 2 is 2.15 bits per heavy atom. The average molecular weight is 305 g/mol. The van der Waals surface area contributed by atoms with Gasteiger partial charge >= 0.3 is 0 Å². The van der Waals surface area contributed by atoms with Crippen molar-refractivity contribution in [2.75, 3.05) is 13.2 Å². The highest BCUT2D eigenvalue weighted by Gasteiger charge is 2.13. The second-order valence-corrected chi connectivity index (χ2v) is 4.43. The lowest BCUT2D eigenvalue weighted by Gasteiger charge is -2.04. The predicted octanol–water partition coefficient (Wildman–Crippen LogP) is 2.99. The van der Waals surface area contributed by atoms with Crippen LogP contribution in [0.4, 0.5) is 0 Å². The third-order valence-electron chi connectivity index (χ3n) is 1.75. The smallest absolute Gasteiger partial charge is 0.217 e. The van der Waals surface area contributed by atoms with Crippen LogP contribution in [0.25, 0.3) is 0 Å². The molecule has 0 bridgehead atoms. The number of hydrogen-bond donors (Lipinski definition) is 0. The van der Waals surface area contributed by atoms with E-state index >= 15 is 0 Å². The van der Waals surface area contributed by atoms with Gasteiger partial charge < -0.3 is 4.74 Å². The van der Waals surface area contributed by atoms with Gasteiger partial charge in [0, 0.05) is 8.95 Å². The minimum Gasteiger partial charge on any atom is -0.475 e. The van der Waals surface area contributed by atoms with E-state index in [0.29, 0.717) is 6.61 Å². The molecule has 1 aromatic carbocycles. The fourth-order valence-corrected chi connectivity index (χ4v) is 2.38. The molecule has 68 valence electrons. The van der Waals surface area contributed by atoms with Gasteiger partial charge in [0.2, 0.25) is 5.90 Å². The van der Waals surface area contributed by atoms with Gasteiger partial charge in [-0.3, -0.25) is 0 Å². The average Bonchev–Trinajstić information content (AvgIpc) is 2.56. The first kappa shape index (κ1) is 9.21. The zero-order valence-electron chi connectivity index (χ0n) is 6.76. The molecule has 2 nitrogen and oxygen atoms in total. The maximum atomic E-state index is 5.36. The Morgan fingerprint density at radius 1 is 1.31 bits per heavy atom. The van der Waals surface area contributed by atoms with Crippen LogP contribution in [-0.4, -0.2) is 19.0 Å². The normalized spacial score (nSPS) is 15.4. The van der Waals surface area contributed by atoms with Gasteiger partial charge in [0.25, 0.3) is 0 Å². The van der Waals surface area contributed by atoms with Crippen molar-refractivity contribution < 1.29 is 4.74 Å². The van der Waals surface area contributed by atoms with Crippen molar-refractivity contribution in [2.45, 2.75) is 0 Å². The molecule has 0 aromatic heterocycles. The van der Waals surface area contributed by atoms with E-state index < -0.39 is 0 Å². The van der Waals surface area contributed by atoms with E-state index in [0.717, 1.165) is 27.0 Å². The summed E-state index contributed by atoms with van der Waals surface area (Å²) in [6.45, 7) is 1.45. The fraction of sp³-hybridized carbons (Fsp3) is 0.222. The minimum atomic E-state index is 0.692. The molecule has 0 aliphatic carbocycles. The Labute approximate surface area is 93.3 Å². The molecule has 0 N–H and O–H groups in total. The van der Waals surface area contributed by atoms with Crippen LogP contribution in [0.15, 0.2) is 32.1 Å². The second-order valence-electron chi connectivity index (χ2n) is 2.66. The first-order chi connectivity index (χ1) is 6.27. The molecule has 1 aliphatic heterocycles. The van der Waals surface area contributed by atoms with Gasteiger partial charge in [-0.05, 0) is 34.1 Å². The van der Waals surface area contributed by atoms with Crippen molar-refractivity contribution in [3.05, 3.63) is 32.7 Å². The van der Waals surface area contributed by atoms with Crippen LogP contribution >= 0.6 is 31.9 Å². The van der Waals surface area contributed by atoms with E-state index in [1.54, 1.807) is 0 Å². The van der Waals surface area contributed by atoms with Crippen LogP contribution in [0.1, 0.15) is 5.56 Å². The summed E-state index contributed by atoms with van der Waals surface area (Å²) < 4.78 is 7.41. The third-order valence-corrected chi connectivity index (χ3v) is 2.90. The number of nitrogens with zero attached hydrogens (tertiary/aromatic N) is 1. The molecule has 0 unspecified atom stereocenters. The summed E-state index contributed by atoms with van der Waals surface area (Å²) in [5, 5.41) is 0. The zero-order valence-corrected chi connectivity index (χ0v) is 9.93. The lowest BCUT2D eigenvalue weighted by atomic mass is 10.2. The molecule has 1 aliphatic rings. The minimum absolute atomic E-state index is 0.692. The maximum absolute atomic E-state index is 5.36. The monoisotopic (exact) mass is 303 g/mol. The quantitative estimate of drug-likeness (QED) is 0.781. The molecule has 0 spiro atoms. The van der Waals surface area contributed by atoms with Crippen LogP contribution < -0.4 is 0 Å². The highest BCUT2D eigenvalue weighted by molar-refractivity contribution is 9.11. The number of benzene rings is 1. The molecule has 0 saturated heterocycles. The van der Waals surface area contributed by atoms with Crippen LogP contribution in [0, 0.1) is 0 Å². The van der Waals surface area contributed by atoms with Crippen LogP contribution in [0.5, 0.6) is 0 Å². The molecule has 13 heavy (non-hydrogen) atoms. The first-order valence-electron chi connectivity index (χ1n) is 3.90. The summed E-state index contributed by atoms with van der Waals surface area (Å²) in [5.41, 5.74) is 1.01. The van der Waals surface area contributed by atoms with Gasteiger partial charge in [-0.1, -0.05) is 15.9 Å². The molecule has 0 saturated carbocycles. The van der Waals surface area contributed by atoms with Crippen molar-refractivity contribution in [1.29, 1.82) is 0 Å². The van der Waals surface area contributed by atoms with Gasteiger partial charge in [0.05, 0.1) is 12.1 Å². The Kier molecular flexibility index (Phi) is 2.69. The molecule has 0 atom stereocenters. The third kappa shape index (κ3) is 1.94. The standard InChI is InChI=1S/C9H7Br2NO/c10-6-1-2-7(8(11)5-6)9-12-3-4-13-9/h1-2,5H,3-4H2. The van der Waals surface area contributed by atoms with Crippen molar-refractivity contribution in [2.24, 2.45) is 4.99 Å². The van der Waals surface area contributed by atoms with Gasteiger partial charge in [-0.15, -0.1) is 0 Å². The Balaban J connectivity index is 2.40. The molecule has 0 amide bonds. The molecule has 1 heterocycles. The topological polar surface area (TPSA) is 21.6 Å². The summed E-state index contributed by atoms with van der Waals surface area (Å²) in [7, 11) is 0. The lowest BCUT2D eigenvalue weighted by Crippen LogP contribution is -2.01. The molecule has 4 heteroatoms. The van der Waals surface area contributed by atoms with Gasteiger partial charge in [-0.25, -0.2) is 4.99 Å². The van der Waals surface area contributed by atoms with E-state index in [2.05, 4.69) is 36.9 Å². The summed E-state index contributed by atoms with van der Waals surface area (Å²) >= 11 is 6.86. The van der Waals surface area contributed by atoms with Crippen molar-refractivity contribution in [3.63, 3.8) is 0 Å². The Morgan fingerprint density at radius 3 is 2.77 bits per heavy atom. The van der Waals surface area contributed by atoms with E-state index in [1.165, 1.54) is 0 Å². The Hall–Kier alpha value is -0.350. The largest absolute Gasteiger partial charge is 0.475 e. The first-order valence-corrected chi connectivity index (χ1v) is 5.48. The molecule has 0 fully saturated rings. The van der Waals surface area contributed by atoms with Crippen molar-refractivity contribution >= 4 is 37.8 Å². The van der Waals surface area contributed by atoms with Crippen molar-refractivity contribution in [3.8, 4) is 0 Å². The number of ether oxygens (including phenoxy) is 1. The van der Waals surface area contributed by atoms with Crippen LogP contribution in [0.2, 0.25) is 0 Å². The van der Waals surface area contributed by atoms with E-state index in [-0.39, 0.29) is 0 Å². The van der Waals surface area contributed by atoms with Gasteiger partial charge in [0.1, 0.15) is 6.61 Å². The fourth-order valence-electron chi connectivity index (χ4n) is 1.16. The number of aliphatic imine (C=N–C) groups is 1. The molecule has 1 aromatic rings. The summed E-state index contributed by atoms with van der Waals surface area (Å²) in [6, 6.07) is 5.95. The number of halogens is 2. The van der Waals surface area contributed by atoms with Crippen molar-refractivity contribution in [1.82, 2.24) is 0 Å². The van der Waals surface area contributed by atoms with Crippen LogP contribution in [-0.2, 0) is 4.74 Å². The molecular weight excluding hydrogens is 298 g/mol. The van der Waals surface area contributed by atoms with E-state index in [4.69, 9.17) is 4.74 Å². The van der Waals surface area contributed by atoms with Gasteiger partial charge in [0.15, 0.2) is 0 Å². The maximum Gasteiger partial charge on any atom is 0.217 e. The molecular formula is C9H7Br2NO. The molecule has 2 rings (SSSR count). The SMILES string of the molecule is Brc1ccc(C2=NCCO2)c(Br)c1. The van der Waals surface area contributed by atoms with Crippen LogP contribution in [0.3, 0.4) is 0 Å². The number of hydrogen-bond acceptors (Lipinski definition) is 2. The van der Waals surface area contributed by atoms with E-state index in [1.807, 2.05) is 18.2 Å². The molecule has 0 radical (unpaired) electrons. The summed E-state index contributed by atoms with van der Waals surface area (Å²) in [6.07, 6.45) is 0. The lowest BCUT2D eigenvalue weighted by molar-refractivity contribution is 0.348. The second kappa shape index (κ2) is 3.80. The Bertz CT molecular complexity index is 363. The highest BCUT2D eigenvalue weighted by atomic mass is 79.9. The summed E-state index contributed by atoms with van der Waals surface area (Å²) in [5.74, 6) is 0.736. The zero-order chi connectivity index (χ0) is 9.26. The van der Waals surface area contributed by atoms with E-state index in [9.17, 15) is 0 Å². The number of rotatable bonds is 1. The van der Waals surface area contributed by atoms with Gasteiger partial charge in [-0.2, -0.15) is 0 Å². The summed E-state index contributed by atoms with van der Waals surface area (Å²) in [4.78, 5) is 4.25.